The first-order valence-electron chi connectivity index (χ1n) is 23.3. The number of amidine groups is 1. The molecule has 0 unspecified atom stereocenters. The van der Waals surface area contributed by atoms with Gasteiger partial charge in [-0.05, 0) is 101 Å². The van der Waals surface area contributed by atoms with Crippen molar-refractivity contribution in [1.82, 2.24) is 9.13 Å². The van der Waals surface area contributed by atoms with Crippen LogP contribution >= 0.6 is 11.3 Å². The van der Waals surface area contributed by atoms with Crippen LogP contribution in [0.5, 0.6) is 0 Å². The van der Waals surface area contributed by atoms with E-state index in [2.05, 4.69) is 215 Å². The van der Waals surface area contributed by atoms with Crippen molar-refractivity contribution >= 4 is 136 Å². The number of hydrogen-bond acceptors (Lipinski definition) is 4. The fourth-order valence-corrected chi connectivity index (χ4v) is 12.2. The monoisotopic (exact) mass is 886 g/mol. The maximum atomic E-state index is 7.06. The van der Waals surface area contributed by atoms with Gasteiger partial charge < -0.3 is 8.98 Å². The molecule has 0 spiro atoms. The Morgan fingerprint density at radius 3 is 1.94 bits per heavy atom. The first-order valence-corrected chi connectivity index (χ1v) is 24.1. The molecule has 6 heteroatoms. The summed E-state index contributed by atoms with van der Waals surface area (Å²) in [6.07, 6.45) is 3.73. The van der Waals surface area contributed by atoms with E-state index < -0.39 is 0 Å². The lowest BCUT2D eigenvalue weighted by atomic mass is 10.0. The van der Waals surface area contributed by atoms with Crippen LogP contribution in [0.25, 0.3) is 119 Å². The van der Waals surface area contributed by atoms with Crippen LogP contribution in [0.1, 0.15) is 24.0 Å². The van der Waals surface area contributed by atoms with Gasteiger partial charge in [0.2, 0.25) is 0 Å². The lowest BCUT2D eigenvalue weighted by molar-refractivity contribution is 0.667. The van der Waals surface area contributed by atoms with E-state index in [1.54, 1.807) is 0 Å². The fourth-order valence-electron chi connectivity index (χ4n) is 11.2. The fraction of sp³-hybridized carbons (Fsp3) is 0.0323. The highest BCUT2D eigenvalue weighted by Crippen LogP contribution is 2.45. The highest BCUT2D eigenvalue weighted by molar-refractivity contribution is 7.25. The second-order valence-electron chi connectivity index (χ2n) is 17.9. The number of furan rings is 1. The van der Waals surface area contributed by atoms with Crippen LogP contribution in [0, 0.1) is 0 Å². The molecule has 0 saturated carbocycles. The van der Waals surface area contributed by atoms with Crippen LogP contribution in [0.3, 0.4) is 0 Å². The Kier molecular flexibility index (Phi) is 8.00. The minimum Gasteiger partial charge on any atom is -0.455 e. The van der Waals surface area contributed by atoms with E-state index in [0.29, 0.717) is 12.3 Å². The molecule has 14 aromatic rings. The van der Waals surface area contributed by atoms with Gasteiger partial charge in [-0.3, -0.25) is 4.57 Å². The molecule has 15 rings (SSSR count). The summed E-state index contributed by atoms with van der Waals surface area (Å²) in [5.41, 5.74) is 10.0. The molecule has 5 nitrogen and oxygen atoms in total. The van der Waals surface area contributed by atoms with Crippen molar-refractivity contribution in [2.75, 3.05) is 0 Å². The lowest BCUT2D eigenvalue weighted by Gasteiger charge is -2.16. The van der Waals surface area contributed by atoms with Crippen LogP contribution in [0.2, 0.25) is 0 Å². The Hall–Kier alpha value is -8.58. The number of aromatic nitrogens is 2. The van der Waals surface area contributed by atoms with Gasteiger partial charge in [0.05, 0.1) is 38.8 Å². The molecule has 0 radical (unpaired) electrons. The van der Waals surface area contributed by atoms with Crippen molar-refractivity contribution < 1.29 is 4.42 Å². The third-order valence-electron chi connectivity index (χ3n) is 14.2. The molecule has 10 aromatic carbocycles. The van der Waals surface area contributed by atoms with Gasteiger partial charge in [-0.2, -0.15) is 0 Å². The number of aliphatic imine (C=N–C) groups is 2. The van der Waals surface area contributed by atoms with E-state index in [4.69, 9.17) is 14.4 Å². The van der Waals surface area contributed by atoms with E-state index in [0.717, 1.165) is 78.8 Å². The van der Waals surface area contributed by atoms with Gasteiger partial charge >= 0.3 is 0 Å². The van der Waals surface area contributed by atoms with Gasteiger partial charge in [-0.25, -0.2) is 9.98 Å². The Labute approximate surface area is 393 Å². The van der Waals surface area contributed by atoms with Gasteiger partial charge in [0, 0.05) is 64.7 Å². The van der Waals surface area contributed by atoms with Crippen molar-refractivity contribution in [3.05, 3.63) is 217 Å². The third kappa shape index (κ3) is 5.49. The highest BCUT2D eigenvalue weighted by Gasteiger charge is 2.25. The molecule has 0 bridgehead atoms. The molecule has 1 aliphatic heterocycles. The highest BCUT2D eigenvalue weighted by atomic mass is 32.1. The van der Waals surface area contributed by atoms with Crippen molar-refractivity contribution in [1.29, 1.82) is 0 Å². The molecular formula is C62H38N4OS. The predicted octanol–water partition coefficient (Wildman–Crippen LogP) is 17.0. The SMILES string of the molecule is C1=C(c2ccc(-n3c4cc5ccccc5cc4c4c5ccccc5ccc43)c3c2oc2ccccc23)N=C(c2ccc3sc4ccccc4c3c2)N=C(n2c3ccccc3c3ccccc32)CC1. The zero-order valence-electron chi connectivity index (χ0n) is 36.6. The summed E-state index contributed by atoms with van der Waals surface area (Å²) in [6.45, 7) is 0. The predicted molar refractivity (Wildman–Crippen MR) is 288 cm³/mol. The first-order chi connectivity index (χ1) is 33.7. The molecule has 5 heterocycles. The largest absolute Gasteiger partial charge is 0.455 e. The molecular weight excluding hydrogens is 849 g/mol. The molecule has 0 fully saturated rings. The summed E-state index contributed by atoms with van der Waals surface area (Å²) in [7, 11) is 0. The Balaban J connectivity index is 0.994. The van der Waals surface area contributed by atoms with E-state index in [9.17, 15) is 0 Å². The lowest BCUT2D eigenvalue weighted by Crippen LogP contribution is -2.16. The molecule has 0 amide bonds. The topological polar surface area (TPSA) is 47.7 Å². The molecule has 0 atom stereocenters. The Bertz CT molecular complexity index is 4520. The van der Waals surface area contributed by atoms with Crippen molar-refractivity contribution in [2.24, 2.45) is 9.98 Å². The molecule has 1 aliphatic rings. The summed E-state index contributed by atoms with van der Waals surface area (Å²) in [5.74, 6) is 1.63. The summed E-state index contributed by atoms with van der Waals surface area (Å²) in [4.78, 5) is 11.3. The normalized spacial score (nSPS) is 13.7. The number of para-hydroxylation sites is 3. The number of allylic oxidation sites excluding steroid dienone is 1. The Morgan fingerprint density at radius 2 is 1.12 bits per heavy atom. The van der Waals surface area contributed by atoms with Gasteiger partial charge in [0.15, 0.2) is 5.84 Å². The molecule has 0 N–H and O–H groups in total. The number of fused-ring (bicyclic) bond motifs is 15. The van der Waals surface area contributed by atoms with E-state index >= 15 is 0 Å². The Morgan fingerprint density at radius 1 is 0.441 bits per heavy atom. The van der Waals surface area contributed by atoms with Crippen molar-refractivity contribution in [2.45, 2.75) is 12.8 Å². The zero-order chi connectivity index (χ0) is 44.5. The second-order valence-corrected chi connectivity index (χ2v) is 19.0. The maximum Gasteiger partial charge on any atom is 0.161 e. The van der Waals surface area contributed by atoms with Crippen LogP contribution in [0.4, 0.5) is 0 Å². The van der Waals surface area contributed by atoms with Crippen LogP contribution in [0.15, 0.2) is 221 Å². The van der Waals surface area contributed by atoms with E-state index in [-0.39, 0.29) is 0 Å². The quantitative estimate of drug-likeness (QED) is 0.174. The number of thiophene rings is 1. The average molecular weight is 887 g/mol. The van der Waals surface area contributed by atoms with Crippen LogP contribution in [-0.2, 0) is 0 Å². The molecule has 4 aromatic heterocycles. The van der Waals surface area contributed by atoms with Crippen molar-refractivity contribution in [3.8, 4) is 5.69 Å². The number of benzene rings is 10. The van der Waals surface area contributed by atoms with Gasteiger partial charge in [0.1, 0.15) is 17.0 Å². The zero-order valence-corrected chi connectivity index (χ0v) is 37.5. The summed E-state index contributed by atoms with van der Waals surface area (Å²) in [5, 5.41) is 14.4. The molecule has 0 saturated heterocycles. The molecule has 0 aliphatic carbocycles. The number of nitrogens with zero attached hydrogens (tertiary/aromatic N) is 4. The summed E-state index contributed by atoms with van der Waals surface area (Å²) in [6, 6.07) is 72.4. The number of rotatable bonds is 3. The van der Waals surface area contributed by atoms with Gasteiger partial charge in [-0.15, -0.1) is 11.3 Å². The third-order valence-corrected chi connectivity index (χ3v) is 15.3. The molecule has 318 valence electrons. The smallest absolute Gasteiger partial charge is 0.161 e. The molecule has 68 heavy (non-hydrogen) atoms. The minimum absolute atomic E-state index is 0.666. The van der Waals surface area contributed by atoms with Gasteiger partial charge in [-0.1, -0.05) is 133 Å². The summed E-state index contributed by atoms with van der Waals surface area (Å²) >= 11 is 1.82. The van der Waals surface area contributed by atoms with Gasteiger partial charge in [0.25, 0.3) is 0 Å². The average Bonchev–Trinajstić information content (AvgIpc) is 4.14. The van der Waals surface area contributed by atoms with Crippen LogP contribution < -0.4 is 0 Å². The standard InChI is InChI=1S/C62H38N4OS/c1-2-16-39-36-54-48(34-38(39)15-1)59-41-17-4-3-14-37(41)28-31-52(59)65(54)53-32-30-45(61-60(53)46-21-7-11-25-55(46)67-61)49-22-13-27-58(66-50-23-9-5-18-42(50)43-19-6-10-24-51(43)66)64-62(63-49)40-29-33-57-47(35-40)44-20-8-12-26-56(44)68-57/h1-12,14-26,28-36H,13,27H2. The van der Waals surface area contributed by atoms with Crippen LogP contribution in [-0.4, -0.2) is 20.8 Å². The minimum atomic E-state index is 0.666. The first kappa shape index (κ1) is 37.6. The summed E-state index contributed by atoms with van der Waals surface area (Å²) < 4.78 is 14.4. The second kappa shape index (κ2) is 14.5. The maximum absolute atomic E-state index is 7.06. The van der Waals surface area contributed by atoms with E-state index in [1.165, 1.54) is 63.3 Å². The van der Waals surface area contributed by atoms with Crippen molar-refractivity contribution in [3.63, 3.8) is 0 Å². The number of hydrogen-bond donors (Lipinski definition) is 0. The van der Waals surface area contributed by atoms with E-state index in [1.807, 2.05) is 11.3 Å².